The van der Waals surface area contributed by atoms with Gasteiger partial charge in [0.15, 0.2) is 34.7 Å². The first-order chi connectivity index (χ1) is 17.6. The summed E-state index contributed by atoms with van der Waals surface area (Å²) in [7, 11) is 0. The highest BCUT2D eigenvalue weighted by molar-refractivity contribution is 6.31. The average Bonchev–Trinajstić information content (AvgIpc) is 3.56. The number of Topliss-reactive ketones (excluding diaryl/α,β-unsaturated/α-hetero) is 4. The van der Waals surface area contributed by atoms with Gasteiger partial charge in [-0.1, -0.05) is 0 Å². The number of phenols is 1. The molecule has 1 heterocycles. The number of carbonyl (C=O) groups is 5. The third-order valence-corrected chi connectivity index (χ3v) is 8.36. The summed E-state index contributed by atoms with van der Waals surface area (Å²) in [6.07, 6.45) is 2.16. The Morgan fingerprint density at radius 1 is 1.08 bits per heavy atom. The van der Waals surface area contributed by atoms with E-state index in [4.69, 9.17) is 10.2 Å². The van der Waals surface area contributed by atoms with Gasteiger partial charge in [0.25, 0.3) is 0 Å². The van der Waals surface area contributed by atoms with Crippen LogP contribution in [0.2, 0.25) is 0 Å². The molecule has 10 nitrogen and oxygen atoms in total. The Balaban J connectivity index is 1.37. The lowest BCUT2D eigenvalue weighted by molar-refractivity contribution is -0.175. The molecule has 2 aromatic rings. The van der Waals surface area contributed by atoms with Crippen LogP contribution in [-0.4, -0.2) is 50.9 Å². The van der Waals surface area contributed by atoms with Crippen molar-refractivity contribution in [2.45, 2.75) is 50.3 Å². The summed E-state index contributed by atoms with van der Waals surface area (Å²) in [5.41, 5.74) is 3.63. The summed E-state index contributed by atoms with van der Waals surface area (Å²) >= 11 is 0. The number of nitrogens with two attached hydrogens (primary N) is 1. The molecule has 0 bridgehead atoms. The molecule has 37 heavy (non-hydrogen) atoms. The van der Waals surface area contributed by atoms with Gasteiger partial charge < -0.3 is 25.7 Å². The number of hydrogen-bond donors (Lipinski definition) is 4. The maximum absolute atomic E-state index is 13.7. The van der Waals surface area contributed by atoms with E-state index >= 15 is 0 Å². The smallest absolute Gasteiger partial charge is 0.235 e. The van der Waals surface area contributed by atoms with Crippen molar-refractivity contribution in [2.24, 2.45) is 29.4 Å². The Morgan fingerprint density at radius 3 is 2.54 bits per heavy atom. The maximum atomic E-state index is 13.7. The number of primary amides is 1. The zero-order valence-corrected chi connectivity index (χ0v) is 19.9. The Hall–Kier alpha value is -3.63. The molecular formula is C27H26N2O8. The van der Waals surface area contributed by atoms with Crippen molar-refractivity contribution in [1.82, 2.24) is 5.32 Å². The van der Waals surface area contributed by atoms with Crippen LogP contribution in [0.1, 0.15) is 47.4 Å². The number of aromatic hydroxyl groups is 1. The zero-order valence-electron chi connectivity index (χ0n) is 19.9. The topological polar surface area (TPSA) is 177 Å². The molecule has 5 atom stereocenters. The van der Waals surface area contributed by atoms with Crippen LogP contribution >= 0.6 is 0 Å². The van der Waals surface area contributed by atoms with Crippen molar-refractivity contribution in [3.8, 4) is 17.1 Å². The molecule has 10 heteroatoms. The van der Waals surface area contributed by atoms with E-state index < -0.39 is 58.3 Å². The quantitative estimate of drug-likeness (QED) is 0.428. The van der Waals surface area contributed by atoms with Crippen molar-refractivity contribution in [1.29, 1.82) is 0 Å². The number of hydrogen-bond acceptors (Lipinski definition) is 9. The lowest BCUT2D eigenvalue weighted by Crippen LogP contribution is -2.68. The number of rotatable bonds is 5. The number of nitrogens with one attached hydrogen (secondary N) is 1. The molecule has 3 fully saturated rings. The molecule has 0 radical (unpaired) electrons. The number of amides is 1. The second-order valence-corrected chi connectivity index (χ2v) is 10.6. The normalized spacial score (nSPS) is 31.1. The largest absolute Gasteiger partial charge is 0.507 e. The van der Waals surface area contributed by atoms with Gasteiger partial charge in [0, 0.05) is 23.9 Å². The van der Waals surface area contributed by atoms with Crippen LogP contribution in [-0.2, 0) is 32.1 Å². The van der Waals surface area contributed by atoms with Gasteiger partial charge in [-0.15, -0.1) is 0 Å². The summed E-state index contributed by atoms with van der Waals surface area (Å²) < 4.78 is 6.02. The average molecular weight is 507 g/mol. The first-order valence-corrected chi connectivity index (χ1v) is 12.5. The van der Waals surface area contributed by atoms with E-state index in [1.807, 2.05) is 6.07 Å². The van der Waals surface area contributed by atoms with Crippen LogP contribution in [0.4, 0.5) is 0 Å². The molecule has 5 N–H and O–H groups in total. The van der Waals surface area contributed by atoms with Crippen LogP contribution in [0.15, 0.2) is 28.7 Å². The van der Waals surface area contributed by atoms with Crippen LogP contribution in [0.25, 0.3) is 11.3 Å². The number of ketones is 4. The van der Waals surface area contributed by atoms with Crippen molar-refractivity contribution >= 4 is 29.0 Å². The van der Waals surface area contributed by atoms with Gasteiger partial charge in [-0.05, 0) is 61.4 Å². The monoisotopic (exact) mass is 506 g/mol. The summed E-state index contributed by atoms with van der Waals surface area (Å²) in [6, 6.07) is 7.15. The first-order valence-electron chi connectivity index (χ1n) is 12.5. The minimum atomic E-state index is -2.65. The van der Waals surface area contributed by atoms with Gasteiger partial charge in [0.2, 0.25) is 5.91 Å². The Bertz CT molecular complexity index is 1390. The van der Waals surface area contributed by atoms with E-state index in [9.17, 15) is 34.2 Å². The molecule has 1 aromatic carbocycles. The minimum absolute atomic E-state index is 0.0465. The van der Waals surface area contributed by atoms with E-state index in [2.05, 4.69) is 5.32 Å². The van der Waals surface area contributed by atoms with E-state index in [0.717, 1.165) is 18.6 Å². The highest BCUT2D eigenvalue weighted by Crippen LogP contribution is 2.51. The van der Waals surface area contributed by atoms with Crippen molar-refractivity contribution in [3.05, 3.63) is 41.2 Å². The molecule has 0 saturated heterocycles. The summed E-state index contributed by atoms with van der Waals surface area (Å²) in [6.45, 7) is 0.567. The maximum Gasteiger partial charge on any atom is 0.235 e. The predicted molar refractivity (Wildman–Crippen MR) is 126 cm³/mol. The predicted octanol–water partition coefficient (Wildman–Crippen LogP) is 0.839. The number of aliphatic hydroxyl groups is 1. The van der Waals surface area contributed by atoms with Crippen molar-refractivity contribution < 1.29 is 38.6 Å². The number of fused-ring (bicyclic) bond motifs is 3. The standard InChI is InChI=1S/C27H26N2O8/c28-26(35)22-18(31)9-12-7-11-8-16-15(19-6-3-14(37-19)10-29-13-1-2-13)4-5-17(30)21(16)23(32)20(11)24(33)27(12,36)25(22)34/h3-6,11-13,20,22,29-30,36H,1-2,7-10H2,(H2,28,35)/t11-,12+,20?,22?,27+/m1/s1. The highest BCUT2D eigenvalue weighted by Gasteiger charge is 2.66. The fraction of sp³-hybridized carbons (Fsp3) is 0.444. The number of furan rings is 1. The molecular weight excluding hydrogens is 480 g/mol. The van der Waals surface area contributed by atoms with E-state index in [1.165, 1.54) is 6.07 Å². The second-order valence-electron chi connectivity index (χ2n) is 10.6. The molecule has 1 amide bonds. The zero-order chi connectivity index (χ0) is 26.2. The number of benzene rings is 1. The molecule has 0 aliphatic heterocycles. The van der Waals surface area contributed by atoms with Gasteiger partial charge in [0.1, 0.15) is 17.3 Å². The Morgan fingerprint density at radius 2 is 1.84 bits per heavy atom. The molecule has 3 saturated carbocycles. The molecule has 1 aromatic heterocycles. The summed E-state index contributed by atoms with van der Waals surface area (Å²) in [5.74, 6) is -9.01. The highest BCUT2D eigenvalue weighted by atomic mass is 16.3. The molecule has 0 spiro atoms. The van der Waals surface area contributed by atoms with Gasteiger partial charge in [0.05, 0.1) is 18.0 Å². The fourth-order valence-electron chi connectivity index (χ4n) is 6.35. The molecule has 192 valence electrons. The molecule has 4 aliphatic carbocycles. The third kappa shape index (κ3) is 3.50. The van der Waals surface area contributed by atoms with Gasteiger partial charge in [-0.3, -0.25) is 24.0 Å². The lowest BCUT2D eigenvalue weighted by atomic mass is 9.53. The Kier molecular flexibility index (Phi) is 5.26. The van der Waals surface area contributed by atoms with Crippen molar-refractivity contribution in [3.63, 3.8) is 0 Å². The van der Waals surface area contributed by atoms with Crippen molar-refractivity contribution in [2.75, 3.05) is 0 Å². The number of phenolic OH excluding ortho intramolecular Hbond substituents is 1. The van der Waals surface area contributed by atoms with Gasteiger partial charge >= 0.3 is 0 Å². The fourth-order valence-corrected chi connectivity index (χ4v) is 6.35. The number of carbonyl (C=O) groups excluding carboxylic acids is 5. The summed E-state index contributed by atoms with van der Waals surface area (Å²) in [4.78, 5) is 64.5. The van der Waals surface area contributed by atoms with Crippen LogP contribution < -0.4 is 11.1 Å². The van der Waals surface area contributed by atoms with Crippen LogP contribution in [0, 0.1) is 23.7 Å². The van der Waals surface area contributed by atoms with Crippen LogP contribution in [0.3, 0.4) is 0 Å². The summed E-state index contributed by atoms with van der Waals surface area (Å²) in [5, 5.41) is 25.3. The lowest BCUT2D eigenvalue weighted by Gasteiger charge is -2.48. The van der Waals surface area contributed by atoms with Gasteiger partial charge in [-0.2, -0.15) is 0 Å². The van der Waals surface area contributed by atoms with E-state index in [1.54, 1.807) is 12.1 Å². The van der Waals surface area contributed by atoms with Gasteiger partial charge in [-0.25, -0.2) is 0 Å². The molecule has 2 unspecified atom stereocenters. The Labute approximate surface area is 211 Å². The SMILES string of the molecule is NC(=O)C1C(=O)C[C@@H]2C[C@@H]3Cc4c(-c5ccc(CNC6CC6)o5)ccc(O)c4C(=O)C3C(=O)[C@]2(O)C1=O. The molecule has 6 rings (SSSR count). The molecule has 4 aliphatic rings. The van der Waals surface area contributed by atoms with Crippen LogP contribution in [0.5, 0.6) is 5.75 Å². The minimum Gasteiger partial charge on any atom is -0.507 e. The van der Waals surface area contributed by atoms with E-state index in [0.29, 0.717) is 29.5 Å². The van der Waals surface area contributed by atoms with E-state index in [-0.39, 0.29) is 30.6 Å². The third-order valence-electron chi connectivity index (χ3n) is 8.36. The first kappa shape index (κ1) is 23.7. The second kappa shape index (κ2) is 8.19.